The van der Waals surface area contributed by atoms with Gasteiger partial charge in [-0.2, -0.15) is 10.4 Å². The van der Waals surface area contributed by atoms with Crippen molar-refractivity contribution in [2.45, 2.75) is 0 Å². The predicted octanol–water partition coefficient (Wildman–Crippen LogP) is 1.64. The molecular formula is C18H17FN4O4S. The number of hydrazone groups is 1. The molecule has 1 amide bonds. The molecule has 146 valence electrons. The van der Waals surface area contributed by atoms with E-state index < -0.39 is 28.3 Å². The summed E-state index contributed by atoms with van der Waals surface area (Å²) in [7, 11) is -3.88. The van der Waals surface area contributed by atoms with E-state index in [1.807, 2.05) is 6.07 Å². The fourth-order valence-corrected chi connectivity index (χ4v) is 3.00. The van der Waals surface area contributed by atoms with Crippen LogP contribution in [0.4, 0.5) is 10.1 Å². The molecular weight excluding hydrogens is 387 g/mol. The minimum absolute atomic E-state index is 0.0671. The van der Waals surface area contributed by atoms with Crippen LogP contribution in [0, 0.1) is 17.1 Å². The van der Waals surface area contributed by atoms with E-state index in [9.17, 15) is 17.6 Å². The second kappa shape index (κ2) is 9.48. The summed E-state index contributed by atoms with van der Waals surface area (Å²) in [5, 5.41) is 12.2. The number of hydrogen-bond acceptors (Lipinski definition) is 6. The summed E-state index contributed by atoms with van der Waals surface area (Å²) < 4.78 is 43.5. The number of ether oxygens (including phenoxy) is 1. The number of para-hydroxylation sites is 1. The van der Waals surface area contributed by atoms with Crippen LogP contribution in [-0.2, 0) is 14.8 Å². The highest BCUT2D eigenvalue weighted by Gasteiger charge is 2.23. The first-order chi connectivity index (χ1) is 13.3. The Balaban J connectivity index is 2.01. The van der Waals surface area contributed by atoms with Crippen molar-refractivity contribution in [3.63, 3.8) is 0 Å². The number of hydrogen-bond donors (Lipinski definition) is 1. The predicted molar refractivity (Wildman–Crippen MR) is 102 cm³/mol. The summed E-state index contributed by atoms with van der Waals surface area (Å²) in [5.74, 6) is -0.988. The van der Waals surface area contributed by atoms with E-state index in [4.69, 9.17) is 10.00 Å². The number of anilines is 1. The Hall–Kier alpha value is -3.45. The van der Waals surface area contributed by atoms with E-state index in [-0.39, 0.29) is 12.3 Å². The Morgan fingerprint density at radius 2 is 1.96 bits per heavy atom. The molecule has 0 fully saturated rings. The molecule has 0 aromatic heterocycles. The van der Waals surface area contributed by atoms with Crippen LogP contribution in [0.5, 0.6) is 5.75 Å². The third kappa shape index (κ3) is 6.07. The molecule has 0 saturated heterocycles. The third-order valence-electron chi connectivity index (χ3n) is 3.40. The number of amides is 1. The Kier molecular flexibility index (Phi) is 7.06. The number of nitrogens with zero attached hydrogens (tertiary/aromatic N) is 3. The van der Waals surface area contributed by atoms with Crippen molar-refractivity contribution < 1.29 is 22.3 Å². The molecule has 1 N–H and O–H groups in total. The van der Waals surface area contributed by atoms with Gasteiger partial charge in [-0.3, -0.25) is 9.10 Å². The molecule has 0 aliphatic carbocycles. The SMILES string of the molecule is CS(=O)(=O)N(CC(=O)N/N=C\c1ccc(OCC#N)cc1)c1ccccc1F. The summed E-state index contributed by atoms with van der Waals surface area (Å²) in [6, 6.07) is 13.7. The van der Waals surface area contributed by atoms with Crippen molar-refractivity contribution >= 4 is 27.8 Å². The number of halogens is 1. The summed E-state index contributed by atoms with van der Waals surface area (Å²) in [6.45, 7) is -0.694. The molecule has 0 saturated carbocycles. The van der Waals surface area contributed by atoms with E-state index in [0.29, 0.717) is 15.6 Å². The van der Waals surface area contributed by atoms with Crippen LogP contribution in [0.3, 0.4) is 0 Å². The van der Waals surface area contributed by atoms with Crippen molar-refractivity contribution in [1.82, 2.24) is 5.43 Å². The number of carbonyl (C=O) groups excluding carboxylic acids is 1. The van der Waals surface area contributed by atoms with Crippen molar-refractivity contribution in [1.29, 1.82) is 5.26 Å². The molecule has 0 spiro atoms. The maximum atomic E-state index is 13.9. The van der Waals surface area contributed by atoms with Gasteiger partial charge < -0.3 is 4.74 Å². The molecule has 0 unspecified atom stereocenters. The second-order valence-electron chi connectivity index (χ2n) is 5.53. The van der Waals surface area contributed by atoms with Gasteiger partial charge in [0.1, 0.15) is 24.2 Å². The maximum absolute atomic E-state index is 13.9. The zero-order valence-corrected chi connectivity index (χ0v) is 15.7. The highest BCUT2D eigenvalue weighted by Crippen LogP contribution is 2.20. The lowest BCUT2D eigenvalue weighted by Crippen LogP contribution is -2.39. The zero-order chi connectivity index (χ0) is 20.6. The zero-order valence-electron chi connectivity index (χ0n) is 14.9. The minimum atomic E-state index is -3.88. The average Bonchev–Trinajstić information content (AvgIpc) is 2.65. The molecule has 2 rings (SSSR count). The number of benzene rings is 2. The van der Waals surface area contributed by atoms with E-state index in [1.54, 1.807) is 24.3 Å². The van der Waals surface area contributed by atoms with Gasteiger partial charge in [0.2, 0.25) is 10.0 Å². The molecule has 28 heavy (non-hydrogen) atoms. The van der Waals surface area contributed by atoms with Gasteiger partial charge in [-0.05, 0) is 42.0 Å². The summed E-state index contributed by atoms with van der Waals surface area (Å²) in [5.41, 5.74) is 2.61. The lowest BCUT2D eigenvalue weighted by molar-refractivity contribution is -0.119. The van der Waals surface area contributed by atoms with Crippen molar-refractivity contribution in [2.24, 2.45) is 5.10 Å². The summed E-state index contributed by atoms with van der Waals surface area (Å²) in [6.07, 6.45) is 2.23. The molecule has 0 bridgehead atoms. The van der Waals surface area contributed by atoms with Crippen LogP contribution in [0.1, 0.15) is 5.56 Å². The molecule has 2 aromatic rings. The van der Waals surface area contributed by atoms with Crippen molar-refractivity contribution in [2.75, 3.05) is 23.7 Å². The highest BCUT2D eigenvalue weighted by molar-refractivity contribution is 7.92. The fraction of sp³-hybridized carbons (Fsp3) is 0.167. The Morgan fingerprint density at radius 3 is 2.57 bits per heavy atom. The number of carbonyl (C=O) groups is 1. The Labute approximate surface area is 161 Å². The Morgan fingerprint density at radius 1 is 1.29 bits per heavy atom. The van der Waals surface area contributed by atoms with Gasteiger partial charge in [0, 0.05) is 0 Å². The van der Waals surface area contributed by atoms with Gasteiger partial charge >= 0.3 is 0 Å². The van der Waals surface area contributed by atoms with Gasteiger partial charge in [0.25, 0.3) is 5.91 Å². The monoisotopic (exact) mass is 404 g/mol. The molecule has 10 heteroatoms. The molecule has 0 aliphatic heterocycles. The Bertz CT molecular complexity index is 1000. The van der Waals surface area contributed by atoms with Gasteiger partial charge in [-0.25, -0.2) is 18.2 Å². The van der Waals surface area contributed by atoms with E-state index in [1.165, 1.54) is 24.4 Å². The topological polar surface area (TPSA) is 112 Å². The maximum Gasteiger partial charge on any atom is 0.260 e. The molecule has 2 aromatic carbocycles. The van der Waals surface area contributed by atoms with Crippen LogP contribution >= 0.6 is 0 Å². The molecule has 0 aliphatic rings. The number of nitriles is 1. The van der Waals surface area contributed by atoms with Crippen molar-refractivity contribution in [3.8, 4) is 11.8 Å². The number of sulfonamides is 1. The van der Waals surface area contributed by atoms with E-state index in [0.717, 1.165) is 12.3 Å². The van der Waals surface area contributed by atoms with Gasteiger partial charge in [-0.1, -0.05) is 12.1 Å². The van der Waals surface area contributed by atoms with Crippen LogP contribution in [0.15, 0.2) is 53.6 Å². The lowest BCUT2D eigenvalue weighted by Gasteiger charge is -2.21. The smallest absolute Gasteiger partial charge is 0.260 e. The van der Waals surface area contributed by atoms with Crippen molar-refractivity contribution in [3.05, 3.63) is 59.9 Å². The largest absolute Gasteiger partial charge is 0.479 e. The fourth-order valence-electron chi connectivity index (χ4n) is 2.15. The molecule has 0 radical (unpaired) electrons. The molecule has 8 nitrogen and oxygen atoms in total. The molecule has 0 heterocycles. The molecule has 0 atom stereocenters. The van der Waals surface area contributed by atoms with Gasteiger partial charge in [-0.15, -0.1) is 0 Å². The highest BCUT2D eigenvalue weighted by atomic mass is 32.2. The average molecular weight is 404 g/mol. The first-order valence-corrected chi connectivity index (χ1v) is 9.80. The van der Waals surface area contributed by atoms with Crippen LogP contribution in [-0.4, -0.2) is 39.9 Å². The third-order valence-corrected chi connectivity index (χ3v) is 4.52. The summed E-state index contributed by atoms with van der Waals surface area (Å²) in [4.78, 5) is 12.0. The normalized spacial score (nSPS) is 11.0. The number of nitrogens with one attached hydrogen (secondary N) is 1. The van der Waals surface area contributed by atoms with Gasteiger partial charge in [0.15, 0.2) is 6.61 Å². The van der Waals surface area contributed by atoms with E-state index in [2.05, 4.69) is 10.5 Å². The summed E-state index contributed by atoms with van der Waals surface area (Å²) >= 11 is 0. The second-order valence-corrected chi connectivity index (χ2v) is 7.44. The quantitative estimate of drug-likeness (QED) is 0.531. The minimum Gasteiger partial charge on any atom is -0.479 e. The van der Waals surface area contributed by atoms with E-state index >= 15 is 0 Å². The van der Waals surface area contributed by atoms with Crippen LogP contribution < -0.4 is 14.5 Å². The number of rotatable bonds is 8. The lowest BCUT2D eigenvalue weighted by atomic mass is 10.2. The van der Waals surface area contributed by atoms with Crippen LogP contribution in [0.25, 0.3) is 0 Å². The first kappa shape index (κ1) is 20.9. The van der Waals surface area contributed by atoms with Gasteiger partial charge in [0.05, 0.1) is 18.2 Å². The first-order valence-electron chi connectivity index (χ1n) is 7.95. The standard InChI is InChI=1S/C18H17FN4O4S/c1-28(25,26)23(17-5-3-2-4-16(17)19)13-18(24)22-21-12-14-6-8-15(9-7-14)27-11-10-20/h2-9,12H,11,13H2,1H3,(H,22,24)/b21-12-. The van der Waals surface area contributed by atoms with Crippen LogP contribution in [0.2, 0.25) is 0 Å².